The van der Waals surface area contributed by atoms with Crippen molar-refractivity contribution in [3.05, 3.63) is 53.6 Å². The number of amides is 2. The van der Waals surface area contributed by atoms with Gasteiger partial charge in [-0.1, -0.05) is 30.3 Å². The number of benzene rings is 1. The van der Waals surface area contributed by atoms with Gasteiger partial charge in [0.1, 0.15) is 11.7 Å². The topological polar surface area (TPSA) is 180 Å². The summed E-state index contributed by atoms with van der Waals surface area (Å²) in [5, 5.41) is 24.3. The average molecular weight is 477 g/mol. The van der Waals surface area contributed by atoms with Crippen LogP contribution in [0.5, 0.6) is 0 Å². The summed E-state index contributed by atoms with van der Waals surface area (Å²) in [6.07, 6.45) is 0.546. The monoisotopic (exact) mass is 477 g/mol. The third-order valence-electron chi connectivity index (χ3n) is 4.38. The van der Waals surface area contributed by atoms with Crippen molar-refractivity contribution in [2.24, 2.45) is 0 Å². The van der Waals surface area contributed by atoms with E-state index in [1.165, 1.54) is 6.07 Å². The zero-order valence-corrected chi connectivity index (χ0v) is 18.4. The summed E-state index contributed by atoms with van der Waals surface area (Å²) < 4.78 is 22.7. The Hall–Kier alpha value is -3.80. The Bertz CT molecular complexity index is 1190. The number of carboxylic acids is 2. The molecule has 11 nitrogen and oxygen atoms in total. The van der Waals surface area contributed by atoms with E-state index in [4.69, 9.17) is 10.2 Å². The van der Waals surface area contributed by atoms with Gasteiger partial charge in [0.05, 0.1) is 18.0 Å². The fraction of sp³-hybridized carbons (Fsp3) is 0.286. The first-order chi connectivity index (χ1) is 15.4. The van der Waals surface area contributed by atoms with Gasteiger partial charge in [0.25, 0.3) is 5.91 Å². The maximum atomic E-state index is 12.7. The van der Waals surface area contributed by atoms with Gasteiger partial charge in [-0.05, 0) is 18.6 Å². The molecule has 2 atom stereocenters. The number of aromatic nitrogens is 1. The van der Waals surface area contributed by atoms with Crippen molar-refractivity contribution in [2.45, 2.75) is 31.3 Å². The molecule has 0 spiro atoms. The molecular weight excluding hydrogens is 454 g/mol. The molecule has 0 aliphatic heterocycles. The first-order valence-corrected chi connectivity index (χ1v) is 11.7. The van der Waals surface area contributed by atoms with E-state index in [0.717, 1.165) is 23.1 Å². The Labute approximate surface area is 189 Å². The van der Waals surface area contributed by atoms with Crippen molar-refractivity contribution in [1.82, 2.24) is 15.6 Å². The Morgan fingerprint density at radius 2 is 1.73 bits per heavy atom. The summed E-state index contributed by atoms with van der Waals surface area (Å²) in [6.45, 7) is 0. The number of carboxylic acid groups (broad SMARTS) is 2. The lowest BCUT2D eigenvalue weighted by Crippen LogP contribution is -2.50. The van der Waals surface area contributed by atoms with Gasteiger partial charge >= 0.3 is 11.9 Å². The molecule has 33 heavy (non-hydrogen) atoms. The second kappa shape index (κ2) is 11.2. The maximum Gasteiger partial charge on any atom is 0.305 e. The minimum Gasteiger partial charge on any atom is -0.481 e. The van der Waals surface area contributed by atoms with Gasteiger partial charge in [-0.2, -0.15) is 0 Å². The third-order valence-corrected chi connectivity index (χ3v) is 5.03. The van der Waals surface area contributed by atoms with Gasteiger partial charge in [-0.25, -0.2) is 13.4 Å². The summed E-state index contributed by atoms with van der Waals surface area (Å²) in [4.78, 5) is 51.7. The van der Waals surface area contributed by atoms with E-state index in [2.05, 4.69) is 15.6 Å². The zero-order chi connectivity index (χ0) is 24.6. The highest BCUT2D eigenvalue weighted by atomic mass is 32.2. The van der Waals surface area contributed by atoms with Gasteiger partial charge in [-0.3, -0.25) is 19.2 Å². The van der Waals surface area contributed by atoms with Crippen molar-refractivity contribution in [3.8, 4) is 0 Å². The maximum absolute atomic E-state index is 12.7. The van der Waals surface area contributed by atoms with E-state index >= 15 is 0 Å². The van der Waals surface area contributed by atoms with Crippen LogP contribution in [0.25, 0.3) is 10.9 Å². The molecule has 4 N–H and O–H groups in total. The number of sulfone groups is 1. The van der Waals surface area contributed by atoms with Gasteiger partial charge in [0.15, 0.2) is 9.84 Å². The molecule has 0 unspecified atom stereocenters. The minimum absolute atomic E-state index is 0.000818. The fourth-order valence-corrected chi connectivity index (χ4v) is 3.31. The van der Waals surface area contributed by atoms with E-state index in [1.807, 2.05) is 6.07 Å². The molecule has 1 aromatic carbocycles. The number of hydrogen-bond donors (Lipinski definition) is 4. The normalized spacial score (nSPS) is 13.4. The fourth-order valence-electron chi connectivity index (χ4n) is 2.84. The first kappa shape index (κ1) is 25.5. The van der Waals surface area contributed by atoms with Crippen LogP contribution in [0, 0.1) is 0 Å². The number of carbonyl (C=O) groups excluding carboxylic acids is 2. The van der Waals surface area contributed by atoms with Crippen LogP contribution >= 0.6 is 0 Å². The molecule has 0 aliphatic rings. The third kappa shape index (κ3) is 8.69. The summed E-state index contributed by atoms with van der Waals surface area (Å²) in [6, 6.07) is 7.64. The second-order valence-corrected chi connectivity index (χ2v) is 9.15. The number of pyridine rings is 1. The number of hydrogen-bond acceptors (Lipinski definition) is 7. The van der Waals surface area contributed by atoms with Gasteiger partial charge in [-0.15, -0.1) is 0 Å². The lowest BCUT2D eigenvalue weighted by molar-refractivity contribution is -0.138. The average Bonchev–Trinajstić information content (AvgIpc) is 2.73. The molecule has 12 heteroatoms. The molecule has 0 radical (unpaired) electrons. The number of nitrogens with zero attached hydrogens (tertiary/aromatic N) is 1. The molecule has 2 aromatic rings. The molecule has 176 valence electrons. The van der Waals surface area contributed by atoms with Crippen LogP contribution in [0.15, 0.2) is 47.9 Å². The largest absolute Gasteiger partial charge is 0.481 e. The Kier molecular flexibility index (Phi) is 8.63. The molecule has 0 fully saturated rings. The summed E-state index contributed by atoms with van der Waals surface area (Å²) in [7, 11) is -3.59. The van der Waals surface area contributed by atoms with Gasteiger partial charge in [0, 0.05) is 23.5 Å². The molecule has 0 saturated carbocycles. The first-order valence-electron chi connectivity index (χ1n) is 9.73. The minimum atomic E-state index is -3.59. The Morgan fingerprint density at radius 1 is 1.03 bits per heavy atom. The van der Waals surface area contributed by atoms with Crippen LogP contribution in [0.1, 0.15) is 29.8 Å². The number of rotatable bonds is 11. The van der Waals surface area contributed by atoms with Crippen LogP contribution in [0.3, 0.4) is 0 Å². The van der Waals surface area contributed by atoms with Crippen LogP contribution in [-0.2, 0) is 24.2 Å². The molecular formula is C21H23N3O8S. The molecule has 2 rings (SSSR count). The van der Waals surface area contributed by atoms with Crippen LogP contribution in [0.4, 0.5) is 0 Å². The smallest absolute Gasteiger partial charge is 0.305 e. The van der Waals surface area contributed by atoms with E-state index in [9.17, 15) is 27.6 Å². The summed E-state index contributed by atoms with van der Waals surface area (Å²) in [5.74, 6) is -4.10. The SMILES string of the molecule is CS(=O)(=O)C=C[C@H](CC(=O)O)NC(=O)[C@H](CCC(=O)O)NC(=O)c1ccc2ccccc2n1. The second-order valence-electron chi connectivity index (χ2n) is 7.22. The Morgan fingerprint density at radius 3 is 2.36 bits per heavy atom. The van der Waals surface area contributed by atoms with E-state index in [1.54, 1.807) is 24.3 Å². The Balaban J connectivity index is 2.22. The molecule has 2 amide bonds. The predicted molar refractivity (Wildman–Crippen MR) is 118 cm³/mol. The quantitative estimate of drug-likeness (QED) is 0.362. The van der Waals surface area contributed by atoms with Gasteiger partial charge in [0.2, 0.25) is 5.91 Å². The number of carbonyl (C=O) groups is 4. The summed E-state index contributed by atoms with van der Waals surface area (Å²) >= 11 is 0. The molecule has 1 aromatic heterocycles. The highest BCUT2D eigenvalue weighted by Gasteiger charge is 2.25. The van der Waals surface area contributed by atoms with Crippen molar-refractivity contribution < 1.29 is 37.8 Å². The van der Waals surface area contributed by atoms with Crippen LogP contribution in [0.2, 0.25) is 0 Å². The number of para-hydroxylation sites is 1. The molecule has 0 bridgehead atoms. The highest BCUT2D eigenvalue weighted by molar-refractivity contribution is 7.93. The van der Waals surface area contributed by atoms with E-state index < -0.39 is 58.5 Å². The lowest BCUT2D eigenvalue weighted by Gasteiger charge is -2.21. The number of nitrogens with one attached hydrogen (secondary N) is 2. The number of fused-ring (bicyclic) bond motifs is 1. The van der Waals surface area contributed by atoms with Gasteiger partial charge < -0.3 is 20.8 Å². The molecule has 0 aliphatic carbocycles. The van der Waals surface area contributed by atoms with Crippen molar-refractivity contribution >= 4 is 44.5 Å². The van der Waals surface area contributed by atoms with Crippen molar-refractivity contribution in [1.29, 1.82) is 0 Å². The lowest BCUT2D eigenvalue weighted by atomic mass is 10.1. The van der Waals surface area contributed by atoms with E-state index in [0.29, 0.717) is 5.52 Å². The van der Waals surface area contributed by atoms with Crippen molar-refractivity contribution in [2.75, 3.05) is 6.26 Å². The summed E-state index contributed by atoms with van der Waals surface area (Å²) in [5.41, 5.74) is 0.546. The molecule has 1 heterocycles. The zero-order valence-electron chi connectivity index (χ0n) is 17.6. The highest BCUT2D eigenvalue weighted by Crippen LogP contribution is 2.12. The molecule has 0 saturated heterocycles. The standard InChI is InChI=1S/C21H23N3O8S/c1-33(31,32)11-10-14(12-19(27)28)22-20(29)17(8-9-18(25)26)24-21(30)16-7-6-13-4-2-3-5-15(13)23-16/h2-7,10-11,14,17H,8-9,12H2,1H3,(H,22,29)(H,24,30)(H,25,26)(H,27,28)/t14-,17+/m1/s1. The van der Waals surface area contributed by atoms with Crippen LogP contribution in [-0.4, -0.2) is 65.7 Å². The number of aliphatic carboxylic acids is 2. The van der Waals surface area contributed by atoms with Crippen molar-refractivity contribution in [3.63, 3.8) is 0 Å². The predicted octanol–water partition coefficient (Wildman–Crippen LogP) is 0.716. The van der Waals surface area contributed by atoms with Crippen LogP contribution < -0.4 is 10.6 Å². The van der Waals surface area contributed by atoms with E-state index in [-0.39, 0.29) is 12.1 Å².